The zero-order valence-electron chi connectivity index (χ0n) is 22.9. The highest BCUT2D eigenvalue weighted by Crippen LogP contribution is 2.51. The summed E-state index contributed by atoms with van der Waals surface area (Å²) in [4.78, 5) is 13.6. The third kappa shape index (κ3) is 6.41. The summed E-state index contributed by atoms with van der Waals surface area (Å²) in [5.74, 6) is 0.459. The van der Waals surface area contributed by atoms with Gasteiger partial charge in [-0.3, -0.25) is 4.79 Å². The number of benzene rings is 2. The van der Waals surface area contributed by atoms with Crippen LogP contribution in [-0.2, 0) is 4.79 Å². The quantitative estimate of drug-likeness (QED) is 0.267. The summed E-state index contributed by atoms with van der Waals surface area (Å²) in [5, 5.41) is 26.1. The smallest absolute Gasteiger partial charge is 0.214 e. The van der Waals surface area contributed by atoms with Gasteiger partial charge in [0, 0.05) is 11.7 Å². The van der Waals surface area contributed by atoms with E-state index in [4.69, 9.17) is 0 Å². The topological polar surface area (TPSA) is 104 Å². The molecule has 0 N–H and O–H groups in total. The van der Waals surface area contributed by atoms with Gasteiger partial charge in [-0.1, -0.05) is 94.5 Å². The largest absolute Gasteiger partial charge is 0.298 e. The van der Waals surface area contributed by atoms with Crippen molar-refractivity contribution in [3.05, 3.63) is 60.7 Å². The van der Waals surface area contributed by atoms with Crippen molar-refractivity contribution in [2.24, 2.45) is 16.7 Å². The number of para-hydroxylation sites is 2. The van der Waals surface area contributed by atoms with Crippen LogP contribution in [0.15, 0.2) is 71.0 Å². The SMILES string of the molecule is CC(C)(C)CC(C)(C)C1CC(Sc2nnnn2-c2ccccc2)C(=O)CC1Sc1nnnn1-c1ccccc1. The number of rotatable bonds is 8. The lowest BCUT2D eigenvalue weighted by molar-refractivity contribution is -0.121. The monoisotopic (exact) mass is 562 g/mol. The Balaban J connectivity index is 1.43. The molecule has 5 rings (SSSR count). The number of Topliss-reactive ketones (excluding diaryl/α,β-unsaturated/α-hetero) is 1. The van der Waals surface area contributed by atoms with E-state index in [1.165, 1.54) is 11.8 Å². The van der Waals surface area contributed by atoms with E-state index < -0.39 is 0 Å². The van der Waals surface area contributed by atoms with E-state index in [-0.39, 0.29) is 33.0 Å². The number of nitrogens with zero attached hydrogens (tertiary/aromatic N) is 8. The van der Waals surface area contributed by atoms with Crippen LogP contribution in [0.5, 0.6) is 0 Å². The van der Waals surface area contributed by atoms with Crippen LogP contribution in [0.25, 0.3) is 11.4 Å². The highest BCUT2D eigenvalue weighted by atomic mass is 32.2. The molecule has 0 amide bonds. The van der Waals surface area contributed by atoms with Gasteiger partial charge in [0.05, 0.1) is 16.6 Å². The zero-order chi connectivity index (χ0) is 27.6. The van der Waals surface area contributed by atoms with Crippen molar-refractivity contribution < 1.29 is 4.79 Å². The second kappa shape index (κ2) is 11.2. The first-order valence-electron chi connectivity index (χ1n) is 13.1. The fourth-order valence-corrected chi connectivity index (χ4v) is 8.37. The molecule has 0 spiro atoms. The van der Waals surface area contributed by atoms with Crippen LogP contribution >= 0.6 is 23.5 Å². The van der Waals surface area contributed by atoms with Crippen LogP contribution in [0.3, 0.4) is 0 Å². The molecule has 3 unspecified atom stereocenters. The van der Waals surface area contributed by atoms with Gasteiger partial charge < -0.3 is 0 Å². The molecule has 2 aromatic heterocycles. The lowest BCUT2D eigenvalue weighted by Crippen LogP contribution is -2.44. The Hall–Kier alpha value is -3.05. The predicted molar refractivity (Wildman–Crippen MR) is 153 cm³/mol. The Bertz CT molecular complexity index is 1400. The summed E-state index contributed by atoms with van der Waals surface area (Å²) in [7, 11) is 0. The Kier molecular flexibility index (Phi) is 7.91. The third-order valence-electron chi connectivity index (χ3n) is 7.06. The van der Waals surface area contributed by atoms with E-state index >= 15 is 0 Å². The fourth-order valence-electron chi connectivity index (χ4n) is 5.77. The molecule has 3 atom stereocenters. The fraction of sp³-hybridized carbons (Fsp3) is 0.464. The molecule has 1 aliphatic carbocycles. The zero-order valence-corrected chi connectivity index (χ0v) is 24.6. The van der Waals surface area contributed by atoms with E-state index in [0.29, 0.717) is 16.7 Å². The first-order valence-corrected chi connectivity index (χ1v) is 14.9. The molecule has 1 aliphatic rings. The third-order valence-corrected chi connectivity index (χ3v) is 9.52. The molecular weight excluding hydrogens is 528 g/mol. The number of aromatic nitrogens is 8. The van der Waals surface area contributed by atoms with Gasteiger partial charge in [-0.05, 0) is 74.7 Å². The van der Waals surface area contributed by atoms with Gasteiger partial charge in [0.2, 0.25) is 10.3 Å². The minimum atomic E-state index is -0.232. The predicted octanol–water partition coefficient (Wildman–Crippen LogP) is 5.70. The van der Waals surface area contributed by atoms with Crippen molar-refractivity contribution in [3.63, 3.8) is 0 Å². The van der Waals surface area contributed by atoms with Gasteiger partial charge >= 0.3 is 0 Å². The average Bonchev–Trinajstić information content (AvgIpc) is 3.55. The molecule has 1 saturated carbocycles. The lowest BCUT2D eigenvalue weighted by atomic mass is 9.64. The van der Waals surface area contributed by atoms with Gasteiger partial charge in [-0.2, -0.15) is 9.36 Å². The van der Waals surface area contributed by atoms with Crippen LogP contribution in [0.2, 0.25) is 0 Å². The van der Waals surface area contributed by atoms with Crippen molar-refractivity contribution in [1.82, 2.24) is 40.4 Å². The first-order chi connectivity index (χ1) is 18.6. The van der Waals surface area contributed by atoms with E-state index in [1.807, 2.05) is 60.7 Å². The normalized spacial score (nSPS) is 20.3. The van der Waals surface area contributed by atoms with Crippen molar-refractivity contribution in [3.8, 4) is 11.4 Å². The molecule has 0 aliphatic heterocycles. The van der Waals surface area contributed by atoms with Crippen molar-refractivity contribution in [2.45, 2.75) is 74.7 Å². The summed E-state index contributed by atoms with van der Waals surface area (Å²) in [6, 6.07) is 19.7. The van der Waals surface area contributed by atoms with E-state index in [9.17, 15) is 4.79 Å². The molecule has 0 radical (unpaired) electrons. The average molecular weight is 563 g/mol. The minimum absolute atomic E-state index is 0.0220. The standard InChI is InChI=1S/C28H34N8OS2/c1-27(2,3)18-28(4,5)21-16-24(39-26-30-32-34-36(26)20-14-10-7-11-15-20)22(37)17-23(21)38-25-29-31-33-35(25)19-12-8-6-9-13-19/h6-15,21,23-24H,16-18H2,1-5H3. The Morgan fingerprint density at radius 3 is 1.82 bits per heavy atom. The maximum atomic E-state index is 13.6. The maximum Gasteiger partial charge on any atom is 0.214 e. The number of carbonyl (C=O) groups excluding carboxylic acids is 1. The van der Waals surface area contributed by atoms with Crippen LogP contribution in [0.1, 0.15) is 53.9 Å². The number of hydrogen-bond donors (Lipinski definition) is 0. The molecule has 9 nitrogen and oxygen atoms in total. The number of tetrazole rings is 2. The van der Waals surface area contributed by atoms with Crippen LogP contribution in [0, 0.1) is 16.7 Å². The second-order valence-corrected chi connectivity index (χ2v) is 14.3. The Morgan fingerprint density at radius 2 is 1.31 bits per heavy atom. The summed E-state index contributed by atoms with van der Waals surface area (Å²) >= 11 is 3.09. The molecule has 1 fully saturated rings. The van der Waals surface area contributed by atoms with Crippen molar-refractivity contribution >= 4 is 29.3 Å². The molecule has 2 aromatic carbocycles. The lowest BCUT2D eigenvalue weighted by Gasteiger charge is -2.46. The Morgan fingerprint density at radius 1 is 0.795 bits per heavy atom. The number of carbonyl (C=O) groups is 1. The van der Waals surface area contributed by atoms with Gasteiger partial charge in [0.15, 0.2) is 0 Å². The van der Waals surface area contributed by atoms with Gasteiger partial charge in [0.25, 0.3) is 0 Å². The van der Waals surface area contributed by atoms with E-state index in [1.54, 1.807) is 21.1 Å². The molecular formula is C28H34N8OS2. The van der Waals surface area contributed by atoms with Gasteiger partial charge in [-0.25, -0.2) is 0 Å². The van der Waals surface area contributed by atoms with Crippen LogP contribution in [0.4, 0.5) is 0 Å². The summed E-state index contributed by atoms with van der Waals surface area (Å²) in [6.07, 6.45) is 2.20. The highest BCUT2D eigenvalue weighted by Gasteiger charge is 2.46. The number of thioether (sulfide) groups is 2. The molecule has 0 saturated heterocycles. The van der Waals surface area contributed by atoms with Gasteiger partial charge in [-0.15, -0.1) is 10.2 Å². The molecule has 39 heavy (non-hydrogen) atoms. The maximum absolute atomic E-state index is 13.6. The first kappa shape index (κ1) is 27.5. The van der Waals surface area contributed by atoms with E-state index in [2.05, 4.69) is 65.7 Å². The molecule has 11 heteroatoms. The summed E-state index contributed by atoms with van der Waals surface area (Å²) in [5.41, 5.74) is 1.90. The van der Waals surface area contributed by atoms with E-state index in [0.717, 1.165) is 24.2 Å². The molecule has 4 aromatic rings. The molecule has 204 valence electrons. The van der Waals surface area contributed by atoms with Crippen LogP contribution < -0.4 is 0 Å². The molecule has 0 bridgehead atoms. The van der Waals surface area contributed by atoms with Crippen molar-refractivity contribution in [1.29, 1.82) is 0 Å². The minimum Gasteiger partial charge on any atom is -0.298 e. The Labute approximate surface area is 237 Å². The number of ketones is 1. The summed E-state index contributed by atoms with van der Waals surface area (Å²) in [6.45, 7) is 11.5. The van der Waals surface area contributed by atoms with Crippen LogP contribution in [-0.4, -0.2) is 56.7 Å². The van der Waals surface area contributed by atoms with Gasteiger partial charge in [0.1, 0.15) is 5.78 Å². The summed E-state index contributed by atoms with van der Waals surface area (Å²) < 4.78 is 3.47. The number of hydrogen-bond acceptors (Lipinski definition) is 9. The molecule has 2 heterocycles. The second-order valence-electron chi connectivity index (χ2n) is 11.9. The highest BCUT2D eigenvalue weighted by molar-refractivity contribution is 8.00. The van der Waals surface area contributed by atoms with Crippen molar-refractivity contribution in [2.75, 3.05) is 0 Å².